The molecule has 0 amide bonds. The van der Waals surface area contributed by atoms with Gasteiger partial charge in [0.1, 0.15) is 0 Å². The first-order chi connectivity index (χ1) is 9.11. The Labute approximate surface area is 110 Å². The zero-order valence-electron chi connectivity index (χ0n) is 10.3. The summed E-state index contributed by atoms with van der Waals surface area (Å²) >= 11 is 0. The monoisotopic (exact) mass is 256 g/mol. The van der Waals surface area contributed by atoms with Crippen LogP contribution in [0.3, 0.4) is 0 Å². The van der Waals surface area contributed by atoms with Gasteiger partial charge in [0, 0.05) is 24.4 Å². The van der Waals surface area contributed by atoms with E-state index >= 15 is 0 Å². The third kappa shape index (κ3) is 2.65. The van der Waals surface area contributed by atoms with Crippen LogP contribution in [0.2, 0.25) is 0 Å². The molecular weight excluding hydrogens is 244 g/mol. The number of benzene rings is 1. The van der Waals surface area contributed by atoms with Crippen LogP contribution in [0.4, 0.5) is 5.69 Å². The second-order valence-electron chi connectivity index (χ2n) is 4.14. The van der Waals surface area contributed by atoms with Crippen LogP contribution in [0.15, 0.2) is 48.8 Å². The number of aromatic nitrogens is 1. The highest BCUT2D eigenvalue weighted by molar-refractivity contribution is 6.03. The molecule has 1 unspecified atom stereocenters. The standard InChI is InChI=1S/C14H12N2O3/c1-10(11-6-8-15-9-7-11)14(17)12-4-2-3-5-13(12)16(18)19/h2-10H,1H3. The Morgan fingerprint density at radius 1 is 1.21 bits per heavy atom. The van der Waals surface area contributed by atoms with Gasteiger partial charge in [-0.3, -0.25) is 19.9 Å². The predicted octanol–water partition coefficient (Wildman–Crippen LogP) is 2.98. The number of rotatable bonds is 4. The number of hydrogen-bond donors (Lipinski definition) is 0. The number of ketones is 1. The van der Waals surface area contributed by atoms with Gasteiger partial charge in [0.2, 0.25) is 0 Å². The average Bonchev–Trinajstić information content (AvgIpc) is 2.46. The van der Waals surface area contributed by atoms with Crippen molar-refractivity contribution in [2.45, 2.75) is 12.8 Å². The maximum atomic E-state index is 12.3. The number of carbonyl (C=O) groups is 1. The van der Waals surface area contributed by atoms with Crippen molar-refractivity contribution in [2.75, 3.05) is 0 Å². The fourth-order valence-corrected chi connectivity index (χ4v) is 1.88. The molecule has 0 bridgehead atoms. The van der Waals surface area contributed by atoms with Gasteiger partial charge < -0.3 is 0 Å². The molecule has 1 aromatic heterocycles. The number of carbonyl (C=O) groups excluding carboxylic acids is 1. The van der Waals surface area contributed by atoms with E-state index in [1.165, 1.54) is 12.1 Å². The smallest absolute Gasteiger partial charge is 0.280 e. The van der Waals surface area contributed by atoms with Crippen molar-refractivity contribution in [3.63, 3.8) is 0 Å². The first kappa shape index (κ1) is 12.9. The van der Waals surface area contributed by atoms with E-state index < -0.39 is 10.8 Å². The molecule has 5 heteroatoms. The molecule has 1 atom stereocenters. The first-order valence-electron chi connectivity index (χ1n) is 5.79. The molecule has 2 rings (SSSR count). The molecule has 2 aromatic rings. The van der Waals surface area contributed by atoms with E-state index in [2.05, 4.69) is 4.98 Å². The lowest BCUT2D eigenvalue weighted by atomic mass is 9.92. The Hall–Kier alpha value is -2.56. The summed E-state index contributed by atoms with van der Waals surface area (Å²) in [7, 11) is 0. The van der Waals surface area contributed by atoms with Gasteiger partial charge in [-0.05, 0) is 23.8 Å². The van der Waals surface area contributed by atoms with Crippen LogP contribution >= 0.6 is 0 Å². The summed E-state index contributed by atoms with van der Waals surface area (Å²) in [5.41, 5.74) is 0.767. The predicted molar refractivity (Wildman–Crippen MR) is 70.1 cm³/mol. The van der Waals surface area contributed by atoms with Crippen molar-refractivity contribution in [1.82, 2.24) is 4.98 Å². The Morgan fingerprint density at radius 3 is 2.47 bits per heavy atom. The zero-order chi connectivity index (χ0) is 13.8. The molecule has 0 radical (unpaired) electrons. The number of nitrogens with zero attached hydrogens (tertiary/aromatic N) is 2. The molecule has 5 nitrogen and oxygen atoms in total. The summed E-state index contributed by atoms with van der Waals surface area (Å²) in [6.45, 7) is 1.73. The van der Waals surface area contributed by atoms with Gasteiger partial charge in [0.05, 0.1) is 10.5 Å². The summed E-state index contributed by atoms with van der Waals surface area (Å²) < 4.78 is 0. The van der Waals surface area contributed by atoms with Gasteiger partial charge in [-0.2, -0.15) is 0 Å². The minimum absolute atomic E-state index is 0.136. The van der Waals surface area contributed by atoms with Crippen LogP contribution in [0.25, 0.3) is 0 Å². The van der Waals surface area contributed by atoms with Gasteiger partial charge in [-0.15, -0.1) is 0 Å². The number of nitro benzene ring substituents is 1. The van der Waals surface area contributed by atoms with E-state index in [0.29, 0.717) is 0 Å². The molecule has 19 heavy (non-hydrogen) atoms. The Balaban J connectivity index is 2.38. The average molecular weight is 256 g/mol. The molecule has 0 aliphatic heterocycles. The Kier molecular flexibility index (Phi) is 3.66. The third-order valence-corrected chi connectivity index (χ3v) is 2.97. The molecule has 0 saturated heterocycles. The van der Waals surface area contributed by atoms with Crippen molar-refractivity contribution >= 4 is 11.5 Å². The van der Waals surface area contributed by atoms with Gasteiger partial charge in [-0.1, -0.05) is 19.1 Å². The highest BCUT2D eigenvalue weighted by atomic mass is 16.6. The van der Waals surface area contributed by atoms with Gasteiger partial charge >= 0.3 is 0 Å². The molecule has 1 aromatic carbocycles. The van der Waals surface area contributed by atoms with Crippen LogP contribution in [0.5, 0.6) is 0 Å². The molecule has 1 heterocycles. The summed E-state index contributed by atoms with van der Waals surface area (Å²) in [5.74, 6) is -0.706. The summed E-state index contributed by atoms with van der Waals surface area (Å²) in [4.78, 5) is 26.6. The minimum atomic E-state index is -0.535. The second-order valence-corrected chi connectivity index (χ2v) is 4.14. The van der Waals surface area contributed by atoms with E-state index in [1.807, 2.05) is 0 Å². The Bertz CT molecular complexity index is 611. The first-order valence-corrected chi connectivity index (χ1v) is 5.79. The lowest BCUT2D eigenvalue weighted by Crippen LogP contribution is -2.11. The normalized spacial score (nSPS) is 11.8. The Morgan fingerprint density at radius 2 is 1.84 bits per heavy atom. The number of Topliss-reactive ketones (excluding diaryl/α,β-unsaturated/α-hetero) is 1. The van der Waals surface area contributed by atoms with Gasteiger partial charge in [-0.25, -0.2) is 0 Å². The lowest BCUT2D eigenvalue weighted by molar-refractivity contribution is -0.385. The highest BCUT2D eigenvalue weighted by Gasteiger charge is 2.24. The van der Waals surface area contributed by atoms with E-state index in [9.17, 15) is 14.9 Å². The molecule has 0 aliphatic carbocycles. The van der Waals surface area contributed by atoms with Gasteiger partial charge in [0.25, 0.3) is 5.69 Å². The summed E-state index contributed by atoms with van der Waals surface area (Å²) in [6.07, 6.45) is 3.19. The van der Waals surface area contributed by atoms with E-state index in [4.69, 9.17) is 0 Å². The minimum Gasteiger partial charge on any atom is -0.293 e. The highest BCUT2D eigenvalue weighted by Crippen LogP contribution is 2.25. The van der Waals surface area contributed by atoms with Crippen molar-refractivity contribution in [3.05, 3.63) is 70.0 Å². The molecule has 0 N–H and O–H groups in total. The fourth-order valence-electron chi connectivity index (χ4n) is 1.88. The molecular formula is C14H12N2O3. The number of hydrogen-bond acceptors (Lipinski definition) is 4. The van der Waals surface area contributed by atoms with Crippen LogP contribution < -0.4 is 0 Å². The maximum Gasteiger partial charge on any atom is 0.280 e. The zero-order valence-corrected chi connectivity index (χ0v) is 10.3. The second kappa shape index (κ2) is 5.39. The van der Waals surface area contributed by atoms with Crippen molar-refractivity contribution in [2.24, 2.45) is 0 Å². The van der Waals surface area contributed by atoms with Crippen molar-refractivity contribution in [3.8, 4) is 0 Å². The van der Waals surface area contributed by atoms with Crippen LogP contribution in [-0.4, -0.2) is 15.7 Å². The number of para-hydroxylation sites is 1. The fraction of sp³-hybridized carbons (Fsp3) is 0.143. The van der Waals surface area contributed by atoms with Crippen LogP contribution in [-0.2, 0) is 0 Å². The summed E-state index contributed by atoms with van der Waals surface area (Å²) in [5, 5.41) is 10.9. The van der Waals surface area contributed by atoms with Gasteiger partial charge in [0.15, 0.2) is 5.78 Å². The van der Waals surface area contributed by atoms with Crippen molar-refractivity contribution in [1.29, 1.82) is 0 Å². The SMILES string of the molecule is CC(C(=O)c1ccccc1[N+](=O)[O-])c1ccncc1. The van der Waals surface area contributed by atoms with E-state index in [1.54, 1.807) is 43.6 Å². The molecule has 0 fully saturated rings. The van der Waals surface area contributed by atoms with Crippen molar-refractivity contribution < 1.29 is 9.72 Å². The lowest BCUT2D eigenvalue weighted by Gasteiger charge is -2.10. The quantitative estimate of drug-likeness (QED) is 0.479. The summed E-state index contributed by atoms with van der Waals surface area (Å²) in [6, 6.07) is 9.46. The number of pyridine rings is 1. The third-order valence-electron chi connectivity index (χ3n) is 2.97. The molecule has 0 spiro atoms. The molecule has 0 aliphatic rings. The number of nitro groups is 1. The topological polar surface area (TPSA) is 73.1 Å². The maximum absolute atomic E-state index is 12.3. The van der Waals surface area contributed by atoms with Crippen LogP contribution in [0, 0.1) is 10.1 Å². The molecule has 0 saturated carbocycles. The molecule has 96 valence electrons. The van der Waals surface area contributed by atoms with Crippen LogP contribution in [0.1, 0.15) is 28.8 Å². The van der Waals surface area contributed by atoms with E-state index in [0.717, 1.165) is 5.56 Å². The van der Waals surface area contributed by atoms with E-state index in [-0.39, 0.29) is 17.0 Å². The largest absolute Gasteiger partial charge is 0.293 e.